The Morgan fingerprint density at radius 1 is 1.00 bits per heavy atom. The SMILES string of the molecule is COc1ccc(CNC(=O)CN(Cc2ccc(C)cc2)C(C)=O)cc1. The Morgan fingerprint density at radius 3 is 2.16 bits per heavy atom. The molecular formula is C20H24N2O3. The van der Waals surface area contributed by atoms with Gasteiger partial charge in [0.1, 0.15) is 5.75 Å². The minimum absolute atomic E-state index is 0.0410. The second kappa shape index (κ2) is 8.87. The van der Waals surface area contributed by atoms with Gasteiger partial charge in [0.25, 0.3) is 0 Å². The van der Waals surface area contributed by atoms with Crippen molar-refractivity contribution in [1.82, 2.24) is 10.2 Å². The van der Waals surface area contributed by atoms with Crippen molar-refractivity contribution >= 4 is 11.8 Å². The number of carbonyl (C=O) groups excluding carboxylic acids is 2. The Labute approximate surface area is 148 Å². The lowest BCUT2D eigenvalue weighted by atomic mass is 10.1. The van der Waals surface area contributed by atoms with E-state index in [9.17, 15) is 9.59 Å². The highest BCUT2D eigenvalue weighted by Crippen LogP contribution is 2.11. The zero-order valence-corrected chi connectivity index (χ0v) is 14.9. The van der Waals surface area contributed by atoms with Crippen LogP contribution in [0.1, 0.15) is 23.6 Å². The number of carbonyl (C=O) groups is 2. The number of hydrogen-bond donors (Lipinski definition) is 1. The summed E-state index contributed by atoms with van der Waals surface area (Å²) in [5.74, 6) is 0.467. The van der Waals surface area contributed by atoms with Crippen molar-refractivity contribution in [3.8, 4) is 5.75 Å². The van der Waals surface area contributed by atoms with E-state index in [-0.39, 0.29) is 18.4 Å². The molecule has 0 atom stereocenters. The van der Waals surface area contributed by atoms with Gasteiger partial charge in [-0.2, -0.15) is 0 Å². The van der Waals surface area contributed by atoms with E-state index in [1.807, 2.05) is 55.5 Å². The predicted octanol–water partition coefficient (Wildman–Crippen LogP) is 2.67. The molecule has 5 heteroatoms. The molecule has 2 amide bonds. The fourth-order valence-corrected chi connectivity index (χ4v) is 2.37. The van der Waals surface area contributed by atoms with E-state index in [4.69, 9.17) is 4.74 Å². The van der Waals surface area contributed by atoms with Crippen LogP contribution in [0, 0.1) is 6.92 Å². The third-order valence-corrected chi connectivity index (χ3v) is 3.92. The molecule has 2 aromatic rings. The van der Waals surface area contributed by atoms with Crippen molar-refractivity contribution < 1.29 is 14.3 Å². The molecule has 0 fully saturated rings. The molecule has 0 aliphatic heterocycles. The third-order valence-electron chi connectivity index (χ3n) is 3.92. The van der Waals surface area contributed by atoms with Gasteiger partial charge >= 0.3 is 0 Å². The van der Waals surface area contributed by atoms with Crippen molar-refractivity contribution in [2.75, 3.05) is 13.7 Å². The number of nitrogens with one attached hydrogen (secondary N) is 1. The summed E-state index contributed by atoms with van der Waals surface area (Å²) in [6.45, 7) is 4.37. The number of benzene rings is 2. The molecule has 0 spiro atoms. The second-order valence-electron chi connectivity index (χ2n) is 5.99. The molecule has 0 heterocycles. The normalized spacial score (nSPS) is 10.2. The second-order valence-corrected chi connectivity index (χ2v) is 5.99. The van der Waals surface area contributed by atoms with Crippen LogP contribution in [0.5, 0.6) is 5.75 Å². The van der Waals surface area contributed by atoms with Gasteiger partial charge in [0.15, 0.2) is 0 Å². The lowest BCUT2D eigenvalue weighted by Crippen LogP contribution is -2.39. The van der Waals surface area contributed by atoms with Gasteiger partial charge in [-0.15, -0.1) is 0 Å². The summed E-state index contributed by atoms with van der Waals surface area (Å²) in [6, 6.07) is 15.4. The molecule has 0 aromatic heterocycles. The summed E-state index contributed by atoms with van der Waals surface area (Å²) in [6.07, 6.45) is 0. The third kappa shape index (κ3) is 5.95. The number of rotatable bonds is 7. The van der Waals surface area contributed by atoms with Crippen LogP contribution in [0.2, 0.25) is 0 Å². The van der Waals surface area contributed by atoms with Crippen LogP contribution in [0.4, 0.5) is 0 Å². The van der Waals surface area contributed by atoms with Gasteiger partial charge in [-0.25, -0.2) is 0 Å². The maximum absolute atomic E-state index is 12.2. The summed E-state index contributed by atoms with van der Waals surface area (Å²) >= 11 is 0. The van der Waals surface area contributed by atoms with E-state index in [2.05, 4.69) is 5.32 Å². The van der Waals surface area contributed by atoms with Gasteiger partial charge < -0.3 is 15.0 Å². The van der Waals surface area contributed by atoms with Gasteiger partial charge in [0, 0.05) is 20.0 Å². The zero-order valence-electron chi connectivity index (χ0n) is 14.9. The minimum Gasteiger partial charge on any atom is -0.497 e. The molecular weight excluding hydrogens is 316 g/mol. The van der Waals surface area contributed by atoms with Crippen molar-refractivity contribution in [3.63, 3.8) is 0 Å². The van der Waals surface area contributed by atoms with Gasteiger partial charge in [-0.05, 0) is 30.2 Å². The van der Waals surface area contributed by atoms with Gasteiger partial charge in [0.05, 0.1) is 13.7 Å². The predicted molar refractivity (Wildman–Crippen MR) is 97.1 cm³/mol. The molecule has 0 aliphatic rings. The van der Waals surface area contributed by atoms with Crippen LogP contribution in [0.25, 0.3) is 0 Å². The van der Waals surface area contributed by atoms with Crippen molar-refractivity contribution in [2.24, 2.45) is 0 Å². The lowest BCUT2D eigenvalue weighted by molar-refractivity contribution is -0.135. The number of hydrogen-bond acceptors (Lipinski definition) is 3. The molecule has 0 unspecified atom stereocenters. The first-order valence-corrected chi connectivity index (χ1v) is 8.18. The van der Waals surface area contributed by atoms with E-state index in [1.165, 1.54) is 11.8 Å². The first kappa shape index (κ1) is 18.5. The quantitative estimate of drug-likeness (QED) is 0.843. The van der Waals surface area contributed by atoms with E-state index < -0.39 is 0 Å². The van der Waals surface area contributed by atoms with Gasteiger partial charge in [-0.3, -0.25) is 9.59 Å². The first-order valence-electron chi connectivity index (χ1n) is 8.18. The fraction of sp³-hybridized carbons (Fsp3) is 0.300. The molecule has 5 nitrogen and oxygen atoms in total. The average molecular weight is 340 g/mol. The molecule has 2 aromatic carbocycles. The number of amides is 2. The van der Waals surface area contributed by atoms with Gasteiger partial charge in [0.2, 0.25) is 11.8 Å². The average Bonchev–Trinajstić information content (AvgIpc) is 2.61. The van der Waals surface area contributed by atoms with Crippen LogP contribution < -0.4 is 10.1 Å². The molecule has 2 rings (SSSR count). The summed E-state index contributed by atoms with van der Waals surface area (Å²) in [5, 5.41) is 2.84. The van der Waals surface area contributed by atoms with Crippen LogP contribution in [-0.4, -0.2) is 30.4 Å². The first-order chi connectivity index (χ1) is 12.0. The monoisotopic (exact) mass is 340 g/mol. The molecule has 1 N–H and O–H groups in total. The Hall–Kier alpha value is -2.82. The summed E-state index contributed by atoms with van der Waals surface area (Å²) in [7, 11) is 1.61. The number of aryl methyl sites for hydroxylation is 1. The molecule has 0 radical (unpaired) electrons. The molecule has 0 saturated heterocycles. The summed E-state index contributed by atoms with van der Waals surface area (Å²) in [4.78, 5) is 25.5. The van der Waals surface area contributed by atoms with Crippen LogP contribution in [0.15, 0.2) is 48.5 Å². The van der Waals surface area contributed by atoms with E-state index >= 15 is 0 Å². The standard InChI is InChI=1S/C20H24N2O3/c1-15-4-6-18(7-5-15)13-22(16(2)23)14-20(24)21-12-17-8-10-19(25-3)11-9-17/h4-11H,12-14H2,1-3H3,(H,21,24). The highest BCUT2D eigenvalue weighted by atomic mass is 16.5. The van der Waals surface area contributed by atoms with Crippen LogP contribution in [-0.2, 0) is 22.7 Å². The molecule has 25 heavy (non-hydrogen) atoms. The largest absolute Gasteiger partial charge is 0.497 e. The summed E-state index contributed by atoms with van der Waals surface area (Å²) < 4.78 is 5.11. The Morgan fingerprint density at radius 2 is 1.60 bits per heavy atom. The van der Waals surface area contributed by atoms with E-state index in [1.54, 1.807) is 7.11 Å². The molecule has 0 saturated carbocycles. The fourth-order valence-electron chi connectivity index (χ4n) is 2.37. The number of nitrogens with zero attached hydrogens (tertiary/aromatic N) is 1. The van der Waals surface area contributed by atoms with E-state index in [0.717, 1.165) is 22.4 Å². The van der Waals surface area contributed by atoms with Crippen LogP contribution in [0.3, 0.4) is 0 Å². The smallest absolute Gasteiger partial charge is 0.239 e. The lowest BCUT2D eigenvalue weighted by Gasteiger charge is -2.20. The topological polar surface area (TPSA) is 58.6 Å². The maximum atomic E-state index is 12.2. The van der Waals surface area contributed by atoms with E-state index in [0.29, 0.717) is 13.1 Å². The summed E-state index contributed by atoms with van der Waals surface area (Å²) in [5.41, 5.74) is 3.14. The molecule has 132 valence electrons. The van der Waals surface area contributed by atoms with Crippen LogP contribution >= 0.6 is 0 Å². The van der Waals surface area contributed by atoms with Crippen molar-refractivity contribution in [3.05, 3.63) is 65.2 Å². The van der Waals surface area contributed by atoms with Gasteiger partial charge in [-0.1, -0.05) is 42.0 Å². The Kier molecular flexibility index (Phi) is 6.57. The van der Waals surface area contributed by atoms with Crippen molar-refractivity contribution in [1.29, 1.82) is 0 Å². The Bertz CT molecular complexity index is 709. The highest BCUT2D eigenvalue weighted by Gasteiger charge is 2.14. The highest BCUT2D eigenvalue weighted by molar-refractivity contribution is 5.83. The number of methoxy groups -OCH3 is 1. The molecule has 0 bridgehead atoms. The zero-order chi connectivity index (χ0) is 18.2. The van der Waals surface area contributed by atoms with Crippen molar-refractivity contribution in [2.45, 2.75) is 26.9 Å². The minimum atomic E-state index is -0.182. The number of ether oxygens (including phenoxy) is 1. The Balaban J connectivity index is 1.88. The maximum Gasteiger partial charge on any atom is 0.239 e. The molecule has 0 aliphatic carbocycles.